The van der Waals surface area contributed by atoms with Crippen molar-refractivity contribution in [1.82, 2.24) is 0 Å². The molecule has 5 heteroatoms. The van der Waals surface area contributed by atoms with Gasteiger partial charge in [-0.1, -0.05) is 0 Å². The second-order valence-electron chi connectivity index (χ2n) is 2.22. The summed E-state index contributed by atoms with van der Waals surface area (Å²) in [6, 6.07) is 3.40. The average molecular weight is 174 g/mol. The minimum atomic E-state index is -2.56. The molecule has 0 saturated heterocycles. The van der Waals surface area contributed by atoms with Crippen molar-refractivity contribution in [2.45, 2.75) is 6.43 Å². The number of hydrogen-bond donors (Lipinski definition) is 3. The number of halogens is 2. The first-order valence-electron chi connectivity index (χ1n) is 3.23. The third-order valence-electron chi connectivity index (χ3n) is 1.43. The summed E-state index contributed by atoms with van der Waals surface area (Å²) in [5.74, 6) is 4.81. The number of nitrogens with two attached hydrogens (primary N) is 1. The predicted octanol–water partition coefficient (Wildman–Crippen LogP) is 1.62. The van der Waals surface area contributed by atoms with Gasteiger partial charge in [-0.15, -0.1) is 0 Å². The fourth-order valence-electron chi connectivity index (χ4n) is 0.805. The van der Waals surface area contributed by atoms with Gasteiger partial charge in [0, 0.05) is 5.56 Å². The highest BCUT2D eigenvalue weighted by molar-refractivity contribution is 5.56. The number of aromatic hydroxyl groups is 1. The van der Waals surface area contributed by atoms with Gasteiger partial charge < -0.3 is 10.5 Å². The van der Waals surface area contributed by atoms with E-state index in [4.69, 9.17) is 10.9 Å². The van der Waals surface area contributed by atoms with Crippen molar-refractivity contribution < 1.29 is 13.9 Å². The van der Waals surface area contributed by atoms with Gasteiger partial charge >= 0.3 is 0 Å². The number of phenolic OH excluding ortho intramolecular Hbond substituents is 1. The lowest BCUT2D eigenvalue weighted by molar-refractivity contribution is 0.151. The van der Waals surface area contributed by atoms with Crippen LogP contribution < -0.4 is 11.3 Å². The maximum Gasteiger partial charge on any atom is 0.263 e. The van der Waals surface area contributed by atoms with Crippen LogP contribution in [-0.2, 0) is 0 Å². The van der Waals surface area contributed by atoms with E-state index < -0.39 is 6.43 Å². The lowest BCUT2D eigenvalue weighted by Crippen LogP contribution is -2.07. The van der Waals surface area contributed by atoms with Crippen LogP contribution in [-0.4, -0.2) is 5.11 Å². The molecule has 0 fully saturated rings. The van der Waals surface area contributed by atoms with Crippen molar-refractivity contribution in [3.05, 3.63) is 23.8 Å². The molecular weight excluding hydrogens is 166 g/mol. The van der Waals surface area contributed by atoms with Crippen molar-refractivity contribution >= 4 is 5.69 Å². The van der Waals surface area contributed by atoms with Gasteiger partial charge in [0.05, 0.1) is 5.69 Å². The molecule has 0 atom stereocenters. The van der Waals surface area contributed by atoms with Crippen LogP contribution in [0.5, 0.6) is 5.75 Å². The number of alkyl halides is 2. The Labute approximate surface area is 67.8 Å². The van der Waals surface area contributed by atoms with Gasteiger partial charge in [-0.05, 0) is 18.2 Å². The minimum Gasteiger partial charge on any atom is -0.506 e. The maximum absolute atomic E-state index is 12.1. The maximum atomic E-state index is 12.1. The number of hydrogen-bond acceptors (Lipinski definition) is 3. The van der Waals surface area contributed by atoms with Crippen LogP contribution in [0.3, 0.4) is 0 Å². The summed E-state index contributed by atoms with van der Waals surface area (Å²) in [4.78, 5) is 0. The summed E-state index contributed by atoms with van der Waals surface area (Å²) in [7, 11) is 0. The number of nitrogen functional groups attached to an aromatic ring is 1. The standard InChI is InChI=1S/C7H8F2N2O/c8-7(9)4-1-2-6(12)5(3-4)11-10/h1-3,7,11-12H,10H2. The van der Waals surface area contributed by atoms with E-state index in [1.54, 1.807) is 0 Å². The van der Waals surface area contributed by atoms with E-state index in [-0.39, 0.29) is 17.0 Å². The van der Waals surface area contributed by atoms with Gasteiger partial charge in [-0.25, -0.2) is 8.78 Å². The van der Waals surface area contributed by atoms with Crippen molar-refractivity contribution in [2.24, 2.45) is 5.84 Å². The van der Waals surface area contributed by atoms with Crippen LogP contribution in [0.15, 0.2) is 18.2 Å². The minimum absolute atomic E-state index is 0.0906. The van der Waals surface area contributed by atoms with E-state index in [1.807, 2.05) is 0 Å². The van der Waals surface area contributed by atoms with Gasteiger partial charge in [0.1, 0.15) is 5.75 Å². The van der Waals surface area contributed by atoms with E-state index in [9.17, 15) is 8.78 Å². The van der Waals surface area contributed by atoms with Crippen molar-refractivity contribution in [2.75, 3.05) is 5.43 Å². The molecule has 0 bridgehead atoms. The molecule has 66 valence electrons. The Morgan fingerprint density at radius 2 is 2.08 bits per heavy atom. The highest BCUT2D eigenvalue weighted by Gasteiger charge is 2.09. The predicted molar refractivity (Wildman–Crippen MR) is 40.9 cm³/mol. The Balaban J connectivity index is 3.05. The Kier molecular flexibility index (Phi) is 2.44. The molecule has 0 aromatic heterocycles. The molecule has 0 heterocycles. The van der Waals surface area contributed by atoms with Gasteiger partial charge in [-0.2, -0.15) is 0 Å². The van der Waals surface area contributed by atoms with E-state index in [2.05, 4.69) is 5.43 Å². The molecule has 0 unspecified atom stereocenters. The number of nitrogens with one attached hydrogen (secondary N) is 1. The zero-order chi connectivity index (χ0) is 9.14. The van der Waals surface area contributed by atoms with Crippen LogP contribution in [0, 0.1) is 0 Å². The molecule has 0 radical (unpaired) electrons. The van der Waals surface area contributed by atoms with Crippen LogP contribution in [0.25, 0.3) is 0 Å². The summed E-state index contributed by atoms with van der Waals surface area (Å²) in [5.41, 5.74) is 2.02. The number of benzene rings is 1. The molecule has 1 aromatic carbocycles. The SMILES string of the molecule is NNc1cc(C(F)F)ccc1O. The molecule has 3 nitrogen and oxygen atoms in total. The number of rotatable bonds is 2. The summed E-state index contributed by atoms with van der Waals surface area (Å²) < 4.78 is 24.1. The first-order valence-corrected chi connectivity index (χ1v) is 3.23. The largest absolute Gasteiger partial charge is 0.506 e. The monoisotopic (exact) mass is 174 g/mol. The third kappa shape index (κ3) is 1.62. The van der Waals surface area contributed by atoms with Crippen molar-refractivity contribution in [3.63, 3.8) is 0 Å². The molecule has 0 aliphatic heterocycles. The summed E-state index contributed by atoms with van der Waals surface area (Å²) in [6.07, 6.45) is -2.56. The zero-order valence-electron chi connectivity index (χ0n) is 6.09. The van der Waals surface area contributed by atoms with Gasteiger partial charge in [0.15, 0.2) is 0 Å². The fourth-order valence-corrected chi connectivity index (χ4v) is 0.805. The second-order valence-corrected chi connectivity index (χ2v) is 2.22. The first-order chi connectivity index (χ1) is 5.65. The van der Waals surface area contributed by atoms with Crippen LogP contribution in [0.2, 0.25) is 0 Å². The molecule has 0 amide bonds. The molecule has 12 heavy (non-hydrogen) atoms. The number of phenols is 1. The van der Waals surface area contributed by atoms with E-state index >= 15 is 0 Å². The molecule has 0 aliphatic carbocycles. The quantitative estimate of drug-likeness (QED) is 0.362. The Bertz CT molecular complexity index is 278. The zero-order valence-corrected chi connectivity index (χ0v) is 6.09. The van der Waals surface area contributed by atoms with Crippen LogP contribution in [0.4, 0.5) is 14.5 Å². The molecular formula is C7H8F2N2O. The summed E-state index contributed by atoms with van der Waals surface area (Å²) >= 11 is 0. The first kappa shape index (κ1) is 8.73. The normalized spacial score (nSPS) is 10.3. The van der Waals surface area contributed by atoms with Gasteiger partial charge in [0.2, 0.25) is 0 Å². The Hall–Kier alpha value is -1.36. The molecule has 1 aromatic rings. The van der Waals surface area contributed by atoms with Crippen molar-refractivity contribution in [3.8, 4) is 5.75 Å². The van der Waals surface area contributed by atoms with Crippen LogP contribution in [0.1, 0.15) is 12.0 Å². The summed E-state index contributed by atoms with van der Waals surface area (Å²) in [5, 5.41) is 9.03. The topological polar surface area (TPSA) is 58.3 Å². The lowest BCUT2D eigenvalue weighted by Gasteiger charge is -2.05. The van der Waals surface area contributed by atoms with Gasteiger partial charge in [-0.3, -0.25) is 5.84 Å². The molecule has 1 rings (SSSR count). The number of hydrazine groups is 1. The smallest absolute Gasteiger partial charge is 0.263 e. The van der Waals surface area contributed by atoms with E-state index in [0.29, 0.717) is 0 Å². The fraction of sp³-hybridized carbons (Fsp3) is 0.143. The second kappa shape index (κ2) is 3.36. The highest BCUT2D eigenvalue weighted by atomic mass is 19.3. The molecule has 0 aliphatic rings. The highest BCUT2D eigenvalue weighted by Crippen LogP contribution is 2.28. The lowest BCUT2D eigenvalue weighted by atomic mass is 10.2. The molecule has 0 spiro atoms. The molecule has 4 N–H and O–H groups in total. The molecule has 0 saturated carbocycles. The van der Waals surface area contributed by atoms with Crippen LogP contribution >= 0.6 is 0 Å². The van der Waals surface area contributed by atoms with E-state index in [0.717, 1.165) is 18.2 Å². The summed E-state index contributed by atoms with van der Waals surface area (Å²) in [6.45, 7) is 0. The van der Waals surface area contributed by atoms with Crippen molar-refractivity contribution in [1.29, 1.82) is 0 Å². The average Bonchev–Trinajstić information content (AvgIpc) is 2.05. The number of anilines is 1. The Morgan fingerprint density at radius 1 is 1.42 bits per heavy atom. The van der Waals surface area contributed by atoms with E-state index in [1.165, 1.54) is 0 Å². The third-order valence-corrected chi connectivity index (χ3v) is 1.43. The van der Waals surface area contributed by atoms with Gasteiger partial charge in [0.25, 0.3) is 6.43 Å². The Morgan fingerprint density at radius 3 is 2.58 bits per heavy atom.